The van der Waals surface area contributed by atoms with Crippen molar-refractivity contribution in [2.24, 2.45) is 0 Å². The van der Waals surface area contributed by atoms with Crippen LogP contribution < -0.4 is 5.32 Å². The van der Waals surface area contributed by atoms with E-state index in [-0.39, 0.29) is 17.8 Å². The fourth-order valence-corrected chi connectivity index (χ4v) is 2.46. The Hall–Kier alpha value is -1.82. The normalized spacial score (nSPS) is 12.3. The molecule has 2 rings (SSSR count). The molecule has 1 unspecified atom stereocenters. The van der Waals surface area contributed by atoms with Crippen molar-refractivity contribution in [3.8, 4) is 0 Å². The van der Waals surface area contributed by atoms with Gasteiger partial charge in [0.15, 0.2) is 5.69 Å². The van der Waals surface area contributed by atoms with Gasteiger partial charge in [0.05, 0.1) is 6.04 Å². The van der Waals surface area contributed by atoms with Crippen molar-refractivity contribution in [1.82, 2.24) is 4.98 Å². The lowest BCUT2D eigenvalue weighted by Gasteiger charge is -2.14. The molecule has 2 aromatic heterocycles. The maximum Gasteiger partial charge on any atom is 0.357 e. The highest BCUT2D eigenvalue weighted by molar-refractivity contribution is 7.10. The number of oxazole rings is 1. The van der Waals surface area contributed by atoms with Gasteiger partial charge >= 0.3 is 5.97 Å². The van der Waals surface area contributed by atoms with Crippen LogP contribution in [0.5, 0.6) is 0 Å². The maximum absolute atomic E-state index is 10.7. The summed E-state index contributed by atoms with van der Waals surface area (Å²) in [5.41, 5.74) is -0.0843. The van der Waals surface area contributed by atoms with Crippen molar-refractivity contribution in [1.29, 1.82) is 0 Å². The van der Waals surface area contributed by atoms with Gasteiger partial charge in [-0.1, -0.05) is 19.4 Å². The Morgan fingerprint density at radius 3 is 3.06 bits per heavy atom. The van der Waals surface area contributed by atoms with Crippen LogP contribution in [0.3, 0.4) is 0 Å². The zero-order chi connectivity index (χ0) is 13.0. The van der Waals surface area contributed by atoms with Crippen LogP contribution in [0.15, 0.2) is 28.2 Å². The average Bonchev–Trinajstić information content (AvgIpc) is 2.99. The SMILES string of the molecule is CCCC(Nc1nc(C(=O)O)co1)c1cccs1. The molecular formula is C12H14N2O3S. The van der Waals surface area contributed by atoms with Gasteiger partial charge in [0.2, 0.25) is 0 Å². The lowest BCUT2D eigenvalue weighted by Crippen LogP contribution is -2.09. The van der Waals surface area contributed by atoms with E-state index in [9.17, 15) is 4.79 Å². The predicted octanol–water partition coefficient (Wildman–Crippen LogP) is 3.39. The summed E-state index contributed by atoms with van der Waals surface area (Å²) >= 11 is 1.66. The molecular weight excluding hydrogens is 252 g/mol. The highest BCUT2D eigenvalue weighted by Gasteiger charge is 2.16. The Bertz CT molecular complexity index is 507. The van der Waals surface area contributed by atoms with Crippen molar-refractivity contribution in [2.75, 3.05) is 5.32 Å². The first-order valence-corrected chi connectivity index (χ1v) is 6.57. The summed E-state index contributed by atoms with van der Waals surface area (Å²) in [5.74, 6) is -1.09. The van der Waals surface area contributed by atoms with Crippen molar-refractivity contribution < 1.29 is 14.3 Å². The molecule has 2 aromatic rings. The van der Waals surface area contributed by atoms with E-state index in [1.165, 1.54) is 4.88 Å². The summed E-state index contributed by atoms with van der Waals surface area (Å²) in [6.07, 6.45) is 3.09. The van der Waals surface area contributed by atoms with Crippen LogP contribution in [0.25, 0.3) is 0 Å². The monoisotopic (exact) mass is 266 g/mol. The highest BCUT2D eigenvalue weighted by atomic mass is 32.1. The molecule has 0 saturated heterocycles. The molecule has 2 N–H and O–H groups in total. The van der Waals surface area contributed by atoms with Gasteiger partial charge in [-0.2, -0.15) is 4.98 Å². The number of aromatic carboxylic acids is 1. The van der Waals surface area contributed by atoms with Crippen LogP contribution in [0, 0.1) is 0 Å². The molecule has 96 valence electrons. The summed E-state index contributed by atoms with van der Waals surface area (Å²) < 4.78 is 5.10. The van der Waals surface area contributed by atoms with Gasteiger partial charge in [0.1, 0.15) is 6.26 Å². The minimum Gasteiger partial charge on any atom is -0.476 e. The van der Waals surface area contributed by atoms with E-state index < -0.39 is 5.97 Å². The van der Waals surface area contributed by atoms with Crippen molar-refractivity contribution in [3.05, 3.63) is 34.3 Å². The van der Waals surface area contributed by atoms with E-state index in [0.717, 1.165) is 19.1 Å². The van der Waals surface area contributed by atoms with E-state index in [4.69, 9.17) is 9.52 Å². The zero-order valence-electron chi connectivity index (χ0n) is 9.92. The molecule has 0 bridgehead atoms. The second kappa shape index (κ2) is 5.68. The van der Waals surface area contributed by atoms with Crippen molar-refractivity contribution in [2.45, 2.75) is 25.8 Å². The Kier molecular flexibility index (Phi) is 3.99. The standard InChI is InChI=1S/C12H14N2O3S/c1-2-4-8(10-5-3-6-18-10)13-12-14-9(7-17-12)11(15)16/h3,5-8H,2,4H2,1H3,(H,13,14)(H,15,16). The van der Waals surface area contributed by atoms with Crippen molar-refractivity contribution >= 4 is 23.3 Å². The minimum atomic E-state index is -1.09. The van der Waals surface area contributed by atoms with E-state index in [2.05, 4.69) is 17.2 Å². The van der Waals surface area contributed by atoms with Crippen molar-refractivity contribution in [3.63, 3.8) is 0 Å². The molecule has 0 aromatic carbocycles. The molecule has 6 heteroatoms. The third-order valence-electron chi connectivity index (χ3n) is 2.48. The molecule has 0 amide bonds. The predicted molar refractivity (Wildman–Crippen MR) is 69.1 cm³/mol. The maximum atomic E-state index is 10.7. The summed E-state index contributed by atoms with van der Waals surface area (Å²) in [4.78, 5) is 15.8. The van der Waals surface area contributed by atoms with Gasteiger partial charge in [-0.25, -0.2) is 4.79 Å². The topological polar surface area (TPSA) is 75.4 Å². The molecule has 2 heterocycles. The van der Waals surface area contributed by atoms with Gasteiger partial charge in [0.25, 0.3) is 6.01 Å². The number of anilines is 1. The number of carboxylic acid groups (broad SMARTS) is 1. The van der Waals surface area contributed by atoms with Gasteiger partial charge < -0.3 is 14.8 Å². The third-order valence-corrected chi connectivity index (χ3v) is 3.47. The largest absolute Gasteiger partial charge is 0.476 e. The lowest BCUT2D eigenvalue weighted by molar-refractivity contribution is 0.0690. The summed E-state index contributed by atoms with van der Waals surface area (Å²) in [6, 6.07) is 4.39. The zero-order valence-corrected chi connectivity index (χ0v) is 10.7. The first-order chi connectivity index (χ1) is 8.70. The molecule has 0 aliphatic heterocycles. The Morgan fingerprint density at radius 1 is 1.67 bits per heavy atom. The Balaban J connectivity index is 2.10. The minimum absolute atomic E-state index is 0.0843. The number of carboxylic acids is 1. The van der Waals surface area contributed by atoms with Gasteiger partial charge in [-0.05, 0) is 17.9 Å². The van der Waals surface area contributed by atoms with E-state index in [0.29, 0.717) is 0 Å². The fourth-order valence-electron chi connectivity index (χ4n) is 1.65. The molecule has 0 aliphatic rings. The van der Waals surface area contributed by atoms with Crippen LogP contribution in [0.2, 0.25) is 0 Å². The van der Waals surface area contributed by atoms with E-state index in [1.54, 1.807) is 11.3 Å². The number of rotatable bonds is 6. The number of thiophene rings is 1. The molecule has 0 fully saturated rings. The van der Waals surface area contributed by atoms with Gasteiger partial charge in [-0.15, -0.1) is 11.3 Å². The second-order valence-corrected chi connectivity index (χ2v) is 4.82. The second-order valence-electron chi connectivity index (χ2n) is 3.84. The van der Waals surface area contributed by atoms with Crippen LogP contribution in [-0.2, 0) is 0 Å². The number of nitrogens with zero attached hydrogens (tertiary/aromatic N) is 1. The first kappa shape index (κ1) is 12.6. The Morgan fingerprint density at radius 2 is 2.50 bits per heavy atom. The van der Waals surface area contributed by atoms with Crippen LogP contribution in [0.1, 0.15) is 41.2 Å². The quantitative estimate of drug-likeness (QED) is 0.838. The smallest absolute Gasteiger partial charge is 0.357 e. The Labute approximate surface area is 108 Å². The number of hydrogen-bond donors (Lipinski definition) is 2. The number of hydrogen-bond acceptors (Lipinski definition) is 5. The third kappa shape index (κ3) is 2.89. The number of carbonyl (C=O) groups is 1. The van der Waals surface area contributed by atoms with Gasteiger partial charge in [0, 0.05) is 4.88 Å². The molecule has 0 spiro atoms. The fraction of sp³-hybridized carbons (Fsp3) is 0.333. The summed E-state index contributed by atoms with van der Waals surface area (Å²) in [7, 11) is 0. The van der Waals surface area contributed by atoms with Crippen LogP contribution >= 0.6 is 11.3 Å². The molecule has 0 saturated carbocycles. The molecule has 1 atom stereocenters. The van der Waals surface area contributed by atoms with E-state index in [1.807, 2.05) is 17.5 Å². The average molecular weight is 266 g/mol. The van der Waals surface area contributed by atoms with Gasteiger partial charge in [-0.3, -0.25) is 0 Å². The lowest BCUT2D eigenvalue weighted by atomic mass is 10.1. The van der Waals surface area contributed by atoms with Crippen LogP contribution in [-0.4, -0.2) is 16.1 Å². The summed E-state index contributed by atoms with van der Waals surface area (Å²) in [5, 5.41) is 13.9. The molecule has 5 nitrogen and oxygen atoms in total. The van der Waals surface area contributed by atoms with E-state index >= 15 is 0 Å². The summed E-state index contributed by atoms with van der Waals surface area (Å²) in [6.45, 7) is 2.10. The van der Waals surface area contributed by atoms with Crippen LogP contribution in [0.4, 0.5) is 6.01 Å². The number of nitrogens with one attached hydrogen (secondary N) is 1. The first-order valence-electron chi connectivity index (χ1n) is 5.69. The highest BCUT2D eigenvalue weighted by Crippen LogP contribution is 2.27. The molecule has 18 heavy (non-hydrogen) atoms. The number of aromatic nitrogens is 1. The molecule has 0 aliphatic carbocycles. The molecule has 0 radical (unpaired) electrons.